The van der Waals surface area contributed by atoms with E-state index in [0.29, 0.717) is 38.8 Å². The molecule has 3 heteroatoms. The Balaban J connectivity index is 1.31. The number of hydrogen-bond donors (Lipinski definition) is 0. The molecular weight excluding hydrogens is 615 g/mol. The predicted octanol–water partition coefficient (Wildman–Crippen LogP) is 13.9. The van der Waals surface area contributed by atoms with Crippen LogP contribution in [-0.2, 0) is 0 Å². The van der Waals surface area contributed by atoms with Gasteiger partial charge in [0.25, 0.3) is 0 Å². The lowest BCUT2D eigenvalue weighted by Gasteiger charge is -2.27. The minimum absolute atomic E-state index is 0.111. The van der Waals surface area contributed by atoms with E-state index in [4.69, 9.17) is 7.16 Å². The molecule has 0 amide bonds. The van der Waals surface area contributed by atoms with Gasteiger partial charge in [-0.15, -0.1) is 11.3 Å². The first kappa shape index (κ1) is 20.9. The normalized spacial score (nSPS) is 14.0. The number of fused-ring (bicyclic) bond motifs is 7. The van der Waals surface area contributed by atoms with Gasteiger partial charge in [0.2, 0.25) is 0 Å². The molecule has 0 unspecified atom stereocenters. The van der Waals surface area contributed by atoms with Crippen molar-refractivity contribution >= 4 is 81.3 Å². The lowest BCUT2D eigenvalue weighted by molar-refractivity contribution is 0.669. The lowest BCUT2D eigenvalue weighted by atomic mass is 9.98. The smallest absolute Gasteiger partial charge is 0.137 e. The van der Waals surface area contributed by atoms with Crippen molar-refractivity contribution in [2.75, 3.05) is 4.90 Å². The summed E-state index contributed by atoms with van der Waals surface area (Å²) < 4.78 is 84.2. The maximum Gasteiger partial charge on any atom is 0.137 e. The Morgan fingerprint density at radius 3 is 2.16 bits per heavy atom. The number of rotatable bonds is 5. The van der Waals surface area contributed by atoms with Crippen molar-refractivity contribution in [2.24, 2.45) is 0 Å². The van der Waals surface area contributed by atoms with E-state index >= 15 is 0 Å². The fraction of sp³-hybridized carbons (Fsp3) is 0. The predicted molar refractivity (Wildman–Crippen MR) is 210 cm³/mol. The highest BCUT2D eigenvalue weighted by Crippen LogP contribution is 2.44. The fourth-order valence-corrected chi connectivity index (χ4v) is 7.85. The molecule has 2 heterocycles. The zero-order chi connectivity index (χ0) is 39.3. The summed E-state index contributed by atoms with van der Waals surface area (Å²) in [7, 11) is 0. The summed E-state index contributed by atoms with van der Waals surface area (Å²) in [6.45, 7) is 0. The van der Waals surface area contributed by atoms with E-state index in [1.807, 2.05) is 103 Å². The van der Waals surface area contributed by atoms with Crippen LogP contribution < -0.4 is 4.90 Å². The Labute approximate surface area is 299 Å². The van der Waals surface area contributed by atoms with Gasteiger partial charge in [0, 0.05) is 36.9 Å². The SMILES string of the molecule is [2H]c1c([2H])c(-c2ccc3sc4ccccc4c3c2)c([2H])c(N(c2c([2H])c([2H])c(-c3cccc4ccccc34)c([2H])c2[2H])c2cccc3oc4ccccc4c23)c1[2H]. The molecule has 0 atom stereocenters. The molecule has 49 heavy (non-hydrogen) atoms. The molecule has 0 saturated carbocycles. The second-order valence-electron chi connectivity index (χ2n) is 11.9. The summed E-state index contributed by atoms with van der Waals surface area (Å²) in [5, 5.41) is 4.88. The number of anilines is 3. The van der Waals surface area contributed by atoms with Gasteiger partial charge in [-0.3, -0.25) is 0 Å². The van der Waals surface area contributed by atoms with Gasteiger partial charge >= 0.3 is 0 Å². The second-order valence-corrected chi connectivity index (χ2v) is 13.0. The maximum absolute atomic E-state index is 9.87. The minimum Gasteiger partial charge on any atom is -0.456 e. The first-order valence-electron chi connectivity index (χ1n) is 19.9. The van der Waals surface area contributed by atoms with Crippen LogP contribution in [0.3, 0.4) is 0 Å². The first-order valence-corrected chi connectivity index (χ1v) is 16.8. The third-order valence-electron chi connectivity index (χ3n) is 9.02. The molecule has 2 nitrogen and oxygen atoms in total. The summed E-state index contributed by atoms with van der Waals surface area (Å²) in [5.41, 5.74) is 2.30. The summed E-state index contributed by atoms with van der Waals surface area (Å²) in [5.74, 6) is 0. The Hall–Kier alpha value is -6.16. The zero-order valence-corrected chi connectivity index (χ0v) is 26.7. The van der Waals surface area contributed by atoms with Gasteiger partial charge in [-0.05, 0) is 93.6 Å². The molecule has 0 N–H and O–H groups in total. The van der Waals surface area contributed by atoms with E-state index in [0.717, 1.165) is 30.9 Å². The van der Waals surface area contributed by atoms with E-state index in [1.54, 1.807) is 35.6 Å². The molecule has 0 aliphatic heterocycles. The molecule has 230 valence electrons. The molecule has 0 saturated heterocycles. The topological polar surface area (TPSA) is 16.4 Å². The Morgan fingerprint density at radius 2 is 1.24 bits per heavy atom. The van der Waals surface area contributed by atoms with Crippen molar-refractivity contribution < 1.29 is 15.4 Å². The molecule has 0 spiro atoms. The van der Waals surface area contributed by atoms with Crippen LogP contribution >= 0.6 is 11.3 Å². The van der Waals surface area contributed by atoms with Crippen LogP contribution in [0.1, 0.15) is 11.0 Å². The molecule has 0 bridgehead atoms. The van der Waals surface area contributed by atoms with Gasteiger partial charge in [-0.1, -0.05) is 115 Å². The highest BCUT2D eigenvalue weighted by Gasteiger charge is 2.20. The maximum atomic E-state index is 9.87. The largest absolute Gasteiger partial charge is 0.456 e. The van der Waals surface area contributed by atoms with Crippen LogP contribution in [-0.4, -0.2) is 0 Å². The monoisotopic (exact) mass is 651 g/mol. The van der Waals surface area contributed by atoms with Crippen molar-refractivity contribution in [1.82, 2.24) is 0 Å². The van der Waals surface area contributed by atoms with E-state index in [2.05, 4.69) is 0 Å². The van der Waals surface area contributed by atoms with E-state index < -0.39 is 24.2 Å². The van der Waals surface area contributed by atoms with Gasteiger partial charge in [0.15, 0.2) is 0 Å². The molecule has 0 radical (unpaired) electrons. The minimum atomic E-state index is -0.462. The van der Waals surface area contributed by atoms with Crippen molar-refractivity contribution in [3.8, 4) is 22.3 Å². The standard InChI is InChI=1S/C46H29NOS/c1-2-14-36-30(10-1)11-8-17-37(36)31-22-25-34(26-23-31)47(41-18-9-20-43-46(41)39-16-3-5-19-42(39)48-43)35-13-7-12-32(28-35)33-24-27-45-40(29-33)38-15-4-6-21-44(38)49-45/h1-29H/i7D,12D,13D,22D,23D,25D,26D,28D. The Kier molecular flexibility index (Phi) is 4.80. The molecule has 10 rings (SSSR count). The summed E-state index contributed by atoms with van der Waals surface area (Å²) >= 11 is 1.64. The third-order valence-corrected chi connectivity index (χ3v) is 10.2. The van der Waals surface area contributed by atoms with Gasteiger partial charge in [0.05, 0.1) is 22.0 Å². The lowest BCUT2D eigenvalue weighted by Crippen LogP contribution is -2.10. The molecule has 0 aliphatic rings. The van der Waals surface area contributed by atoms with E-state index in [-0.39, 0.29) is 46.7 Å². The molecule has 0 fully saturated rings. The molecule has 8 aromatic carbocycles. The zero-order valence-electron chi connectivity index (χ0n) is 33.9. The van der Waals surface area contributed by atoms with Crippen LogP contribution in [0.4, 0.5) is 17.1 Å². The number of hydrogen-bond acceptors (Lipinski definition) is 3. The second kappa shape index (κ2) is 11.2. The molecular formula is C46H29NOS. The van der Waals surface area contributed by atoms with Crippen LogP contribution in [0.15, 0.2) is 180 Å². The van der Waals surface area contributed by atoms with Crippen LogP contribution in [0.2, 0.25) is 0 Å². The number of thiophene rings is 1. The average molecular weight is 652 g/mol. The first-order chi connectivity index (χ1) is 27.6. The van der Waals surface area contributed by atoms with Crippen LogP contribution in [0.25, 0.3) is 75.1 Å². The van der Waals surface area contributed by atoms with Gasteiger partial charge < -0.3 is 9.32 Å². The van der Waals surface area contributed by atoms with Crippen LogP contribution in [0, 0.1) is 0 Å². The van der Waals surface area contributed by atoms with E-state index in [9.17, 15) is 8.22 Å². The van der Waals surface area contributed by atoms with Crippen molar-refractivity contribution in [3.63, 3.8) is 0 Å². The Bertz CT molecular complexity index is 3280. The number of benzene rings is 8. The average Bonchev–Trinajstić information content (AvgIpc) is 3.80. The van der Waals surface area contributed by atoms with Crippen LogP contribution in [0.5, 0.6) is 0 Å². The highest BCUT2D eigenvalue weighted by molar-refractivity contribution is 7.25. The number of para-hydroxylation sites is 1. The fourth-order valence-electron chi connectivity index (χ4n) is 6.76. The van der Waals surface area contributed by atoms with Gasteiger partial charge in [-0.25, -0.2) is 0 Å². The molecule has 0 aliphatic carbocycles. The number of nitrogens with zero attached hydrogens (tertiary/aromatic N) is 1. The summed E-state index contributed by atoms with van der Waals surface area (Å²) in [6, 6.07) is 36.6. The Morgan fingerprint density at radius 1 is 0.510 bits per heavy atom. The van der Waals surface area contributed by atoms with Gasteiger partial charge in [-0.2, -0.15) is 0 Å². The van der Waals surface area contributed by atoms with Crippen molar-refractivity contribution in [2.45, 2.75) is 0 Å². The molecule has 10 aromatic rings. The van der Waals surface area contributed by atoms with Crippen molar-refractivity contribution in [1.29, 1.82) is 0 Å². The summed E-state index contributed by atoms with van der Waals surface area (Å²) in [4.78, 5) is 1.40. The van der Waals surface area contributed by atoms with E-state index in [1.165, 1.54) is 4.90 Å². The molecule has 2 aromatic heterocycles. The highest BCUT2D eigenvalue weighted by atomic mass is 32.1. The third kappa shape index (κ3) is 4.62. The van der Waals surface area contributed by atoms with Crippen molar-refractivity contribution in [3.05, 3.63) is 176 Å². The quantitative estimate of drug-likeness (QED) is 0.184. The summed E-state index contributed by atoms with van der Waals surface area (Å²) in [6.07, 6.45) is 0. The number of furan rings is 1. The van der Waals surface area contributed by atoms with Gasteiger partial charge in [0.1, 0.15) is 11.2 Å².